The molecule has 1 N–H and O–H groups in total. The second-order valence-corrected chi connectivity index (χ2v) is 3.95. The molecule has 5 nitrogen and oxygen atoms in total. The fourth-order valence-electron chi connectivity index (χ4n) is 1.23. The maximum atomic E-state index is 10.7. The first kappa shape index (κ1) is 12.3. The van der Waals surface area contributed by atoms with Crippen molar-refractivity contribution in [2.75, 3.05) is 19.0 Å². The number of nitro groups is 1. The second kappa shape index (κ2) is 5.34. The average Bonchev–Trinajstić information content (AvgIpc) is 2.25. The van der Waals surface area contributed by atoms with E-state index in [0.29, 0.717) is 17.4 Å². The third-order valence-electron chi connectivity index (χ3n) is 2.05. The molecule has 0 radical (unpaired) electrons. The first-order chi connectivity index (χ1) is 7.52. The highest BCUT2D eigenvalue weighted by Crippen LogP contribution is 2.25. The lowest BCUT2D eigenvalue weighted by Crippen LogP contribution is -2.08. The summed E-state index contributed by atoms with van der Waals surface area (Å²) >= 11 is 0. The van der Waals surface area contributed by atoms with Crippen LogP contribution < -0.4 is 10.1 Å². The molecule has 5 heteroatoms. The molecule has 0 aliphatic heterocycles. The third-order valence-corrected chi connectivity index (χ3v) is 2.05. The molecule has 0 saturated heterocycles. The molecule has 0 fully saturated rings. The Morgan fingerprint density at radius 3 is 2.62 bits per heavy atom. The van der Waals surface area contributed by atoms with Crippen LogP contribution in [0.25, 0.3) is 0 Å². The highest BCUT2D eigenvalue weighted by molar-refractivity contribution is 5.56. The Hall–Kier alpha value is -1.78. The number of methoxy groups -OCH3 is 1. The number of nitro benzene ring substituents is 1. The second-order valence-electron chi connectivity index (χ2n) is 3.95. The fourth-order valence-corrected chi connectivity index (χ4v) is 1.23. The molecule has 0 unspecified atom stereocenters. The lowest BCUT2D eigenvalue weighted by Gasteiger charge is -2.10. The topological polar surface area (TPSA) is 64.4 Å². The normalized spacial score (nSPS) is 10.2. The van der Waals surface area contributed by atoms with E-state index in [1.54, 1.807) is 6.07 Å². The molecule has 0 aliphatic carbocycles. The van der Waals surface area contributed by atoms with E-state index in [0.717, 1.165) is 6.54 Å². The number of rotatable bonds is 5. The number of anilines is 1. The van der Waals surface area contributed by atoms with Crippen LogP contribution in [0.15, 0.2) is 18.2 Å². The summed E-state index contributed by atoms with van der Waals surface area (Å²) < 4.78 is 5.01. The van der Waals surface area contributed by atoms with Gasteiger partial charge in [0, 0.05) is 24.4 Å². The van der Waals surface area contributed by atoms with Crippen molar-refractivity contribution in [1.29, 1.82) is 0 Å². The maximum absolute atomic E-state index is 10.7. The van der Waals surface area contributed by atoms with Gasteiger partial charge in [-0.2, -0.15) is 0 Å². The number of non-ortho nitro benzene ring substituents is 1. The molecule has 1 aromatic rings. The quantitative estimate of drug-likeness (QED) is 0.617. The van der Waals surface area contributed by atoms with Crippen LogP contribution in [0, 0.1) is 16.0 Å². The molecule has 88 valence electrons. The van der Waals surface area contributed by atoms with E-state index >= 15 is 0 Å². The van der Waals surface area contributed by atoms with Gasteiger partial charge in [-0.3, -0.25) is 10.1 Å². The first-order valence-electron chi connectivity index (χ1n) is 5.10. The number of benzene rings is 1. The van der Waals surface area contributed by atoms with Gasteiger partial charge in [0.25, 0.3) is 5.69 Å². The summed E-state index contributed by atoms with van der Waals surface area (Å²) in [6, 6.07) is 4.65. The van der Waals surface area contributed by atoms with Crippen LogP contribution >= 0.6 is 0 Å². The zero-order valence-electron chi connectivity index (χ0n) is 9.69. The molecule has 16 heavy (non-hydrogen) atoms. The van der Waals surface area contributed by atoms with Crippen LogP contribution in [0.5, 0.6) is 5.75 Å². The Bertz CT molecular complexity index is 377. The molecular weight excluding hydrogens is 208 g/mol. The third kappa shape index (κ3) is 3.42. The molecule has 0 bridgehead atoms. The van der Waals surface area contributed by atoms with Crippen LogP contribution in [0.2, 0.25) is 0 Å². The zero-order valence-corrected chi connectivity index (χ0v) is 9.69. The molecular formula is C11H16N2O3. The molecule has 0 aromatic heterocycles. The van der Waals surface area contributed by atoms with Crippen molar-refractivity contribution in [1.82, 2.24) is 0 Å². The van der Waals surface area contributed by atoms with Crippen molar-refractivity contribution in [2.24, 2.45) is 5.92 Å². The van der Waals surface area contributed by atoms with E-state index < -0.39 is 4.92 Å². The van der Waals surface area contributed by atoms with Crippen molar-refractivity contribution in [3.05, 3.63) is 28.3 Å². The summed E-state index contributed by atoms with van der Waals surface area (Å²) in [6.45, 7) is 4.91. The SMILES string of the molecule is COc1cc(NCC(C)C)cc([N+](=O)[O-])c1. The van der Waals surface area contributed by atoms with Crippen LogP contribution in [-0.2, 0) is 0 Å². The van der Waals surface area contributed by atoms with Gasteiger partial charge in [0.05, 0.1) is 18.1 Å². The van der Waals surface area contributed by atoms with Gasteiger partial charge in [0.15, 0.2) is 0 Å². The fraction of sp³-hybridized carbons (Fsp3) is 0.455. The minimum Gasteiger partial charge on any atom is -0.496 e. The molecule has 0 atom stereocenters. The standard InChI is InChI=1S/C11H16N2O3/c1-8(2)7-12-9-4-10(13(14)15)6-11(5-9)16-3/h4-6,8,12H,7H2,1-3H3. The molecule has 0 spiro atoms. The summed E-state index contributed by atoms with van der Waals surface area (Å²) in [5.74, 6) is 0.964. The smallest absolute Gasteiger partial charge is 0.275 e. The van der Waals surface area contributed by atoms with Crippen molar-refractivity contribution in [3.8, 4) is 5.75 Å². The van der Waals surface area contributed by atoms with Gasteiger partial charge in [0.1, 0.15) is 5.75 Å². The molecule has 0 saturated carbocycles. The van der Waals surface area contributed by atoms with Crippen LogP contribution in [0.3, 0.4) is 0 Å². The van der Waals surface area contributed by atoms with Crippen molar-refractivity contribution >= 4 is 11.4 Å². The largest absolute Gasteiger partial charge is 0.496 e. The summed E-state index contributed by atoms with van der Waals surface area (Å²) in [5.41, 5.74) is 0.741. The minimum absolute atomic E-state index is 0.0330. The van der Waals surface area contributed by atoms with Gasteiger partial charge in [-0.15, -0.1) is 0 Å². The number of nitrogens with one attached hydrogen (secondary N) is 1. The van der Waals surface area contributed by atoms with E-state index in [9.17, 15) is 10.1 Å². The highest BCUT2D eigenvalue weighted by atomic mass is 16.6. The summed E-state index contributed by atoms with van der Waals surface area (Å²) in [6.07, 6.45) is 0. The Labute approximate surface area is 94.6 Å². The van der Waals surface area contributed by atoms with Crippen molar-refractivity contribution in [2.45, 2.75) is 13.8 Å². The van der Waals surface area contributed by atoms with Gasteiger partial charge in [0.2, 0.25) is 0 Å². The number of hydrogen-bond donors (Lipinski definition) is 1. The molecule has 1 rings (SSSR count). The Balaban J connectivity index is 2.90. The van der Waals surface area contributed by atoms with Gasteiger partial charge < -0.3 is 10.1 Å². The summed E-state index contributed by atoms with van der Waals surface area (Å²) in [4.78, 5) is 10.3. The van der Waals surface area contributed by atoms with Crippen LogP contribution in [0.4, 0.5) is 11.4 Å². The van der Waals surface area contributed by atoms with Crippen molar-refractivity contribution < 1.29 is 9.66 Å². The molecule has 0 aliphatic rings. The van der Waals surface area contributed by atoms with E-state index in [2.05, 4.69) is 19.2 Å². The van der Waals surface area contributed by atoms with Crippen LogP contribution in [0.1, 0.15) is 13.8 Å². The van der Waals surface area contributed by atoms with E-state index in [1.807, 2.05) is 0 Å². The Morgan fingerprint density at radius 1 is 1.44 bits per heavy atom. The van der Waals surface area contributed by atoms with E-state index in [-0.39, 0.29) is 5.69 Å². The molecule has 1 aromatic carbocycles. The van der Waals surface area contributed by atoms with Gasteiger partial charge in [-0.1, -0.05) is 13.8 Å². The number of ether oxygens (including phenoxy) is 1. The monoisotopic (exact) mass is 224 g/mol. The highest BCUT2D eigenvalue weighted by Gasteiger charge is 2.10. The van der Waals surface area contributed by atoms with E-state index in [4.69, 9.17) is 4.74 Å². The lowest BCUT2D eigenvalue weighted by atomic mass is 10.2. The lowest BCUT2D eigenvalue weighted by molar-refractivity contribution is -0.384. The maximum Gasteiger partial charge on any atom is 0.275 e. The zero-order chi connectivity index (χ0) is 12.1. The van der Waals surface area contributed by atoms with E-state index in [1.165, 1.54) is 19.2 Å². The van der Waals surface area contributed by atoms with Crippen molar-refractivity contribution in [3.63, 3.8) is 0 Å². The van der Waals surface area contributed by atoms with Gasteiger partial charge in [-0.05, 0) is 5.92 Å². The minimum atomic E-state index is -0.428. The number of hydrogen-bond acceptors (Lipinski definition) is 4. The van der Waals surface area contributed by atoms with Gasteiger partial charge in [-0.25, -0.2) is 0 Å². The predicted molar refractivity (Wildman–Crippen MR) is 63.0 cm³/mol. The Kier molecular flexibility index (Phi) is 4.10. The number of nitrogens with zero attached hydrogens (tertiary/aromatic N) is 1. The molecule has 0 heterocycles. The molecule has 0 amide bonds. The summed E-state index contributed by atoms with van der Waals surface area (Å²) in [5, 5.41) is 13.8. The van der Waals surface area contributed by atoms with Crippen LogP contribution in [-0.4, -0.2) is 18.6 Å². The van der Waals surface area contributed by atoms with Gasteiger partial charge >= 0.3 is 0 Å². The Morgan fingerprint density at radius 2 is 2.12 bits per heavy atom. The first-order valence-corrected chi connectivity index (χ1v) is 5.10. The average molecular weight is 224 g/mol. The summed E-state index contributed by atoms with van der Waals surface area (Å²) in [7, 11) is 1.49. The predicted octanol–water partition coefficient (Wildman–Crippen LogP) is 2.67.